The molecule has 3 rings (SSSR count). The van der Waals surface area contributed by atoms with Gasteiger partial charge in [-0.1, -0.05) is 13.0 Å². The first kappa shape index (κ1) is 17.7. The van der Waals surface area contributed by atoms with Crippen molar-refractivity contribution in [3.63, 3.8) is 0 Å². The van der Waals surface area contributed by atoms with E-state index >= 15 is 0 Å². The molecule has 0 N–H and O–H groups in total. The van der Waals surface area contributed by atoms with Crippen molar-refractivity contribution in [1.29, 1.82) is 0 Å². The normalized spacial score (nSPS) is 10.7. The molecule has 1 amide bonds. The summed E-state index contributed by atoms with van der Waals surface area (Å²) in [5.41, 5.74) is 1.54. The van der Waals surface area contributed by atoms with E-state index < -0.39 is 0 Å². The van der Waals surface area contributed by atoms with Crippen LogP contribution in [0.25, 0.3) is 11.7 Å². The summed E-state index contributed by atoms with van der Waals surface area (Å²) < 4.78 is 16.2. The number of hydrogen-bond donors (Lipinski definition) is 0. The average molecular weight is 355 g/mol. The first-order valence-corrected chi connectivity index (χ1v) is 8.42. The summed E-state index contributed by atoms with van der Waals surface area (Å²) in [6, 6.07) is 8.91. The molecular formula is C19H21N3O4. The highest BCUT2D eigenvalue weighted by Gasteiger charge is 2.20. The van der Waals surface area contributed by atoms with Gasteiger partial charge in [-0.15, -0.1) is 10.2 Å². The summed E-state index contributed by atoms with van der Waals surface area (Å²) in [6.45, 7) is 4.76. The van der Waals surface area contributed by atoms with Crippen LogP contribution in [-0.4, -0.2) is 34.7 Å². The van der Waals surface area contributed by atoms with Gasteiger partial charge in [0.2, 0.25) is 5.89 Å². The number of ether oxygens (including phenoxy) is 1. The minimum absolute atomic E-state index is 0.108. The van der Waals surface area contributed by atoms with E-state index in [1.54, 1.807) is 36.3 Å². The number of furan rings is 1. The Bertz CT molecular complexity index is 871. The Labute approximate surface area is 151 Å². The van der Waals surface area contributed by atoms with Crippen LogP contribution in [0, 0.1) is 6.92 Å². The monoisotopic (exact) mass is 355 g/mol. The molecule has 0 saturated carbocycles. The maximum absolute atomic E-state index is 12.9. The van der Waals surface area contributed by atoms with Crippen molar-refractivity contribution in [1.82, 2.24) is 15.1 Å². The van der Waals surface area contributed by atoms with E-state index in [1.165, 1.54) is 6.26 Å². The molecule has 7 nitrogen and oxygen atoms in total. The lowest BCUT2D eigenvalue weighted by molar-refractivity contribution is 0.0728. The second kappa shape index (κ2) is 7.86. The topological polar surface area (TPSA) is 81.6 Å². The summed E-state index contributed by atoms with van der Waals surface area (Å²) in [4.78, 5) is 14.6. The Balaban J connectivity index is 1.79. The van der Waals surface area contributed by atoms with Crippen molar-refractivity contribution in [2.75, 3.05) is 13.7 Å². The van der Waals surface area contributed by atoms with E-state index in [0.29, 0.717) is 35.4 Å². The fraction of sp³-hybridized carbons (Fsp3) is 0.316. The Hall–Kier alpha value is -3.09. The zero-order valence-electron chi connectivity index (χ0n) is 15.1. The molecule has 2 aromatic heterocycles. The zero-order valence-corrected chi connectivity index (χ0v) is 15.1. The lowest BCUT2D eigenvalue weighted by Crippen LogP contribution is -2.31. The van der Waals surface area contributed by atoms with E-state index in [-0.39, 0.29) is 12.5 Å². The Morgan fingerprint density at radius 1 is 1.27 bits per heavy atom. The standard InChI is InChI=1S/C19H21N3O4/c1-4-9-22(19(23)14-8-7-13(2)16(11-14)24-3)12-17-20-21-18(26-17)15-6-5-10-25-15/h5-8,10-11H,4,9,12H2,1-3H3. The lowest BCUT2D eigenvalue weighted by atomic mass is 10.1. The van der Waals surface area contributed by atoms with Crippen LogP contribution in [0.15, 0.2) is 45.4 Å². The predicted octanol–water partition coefficient (Wildman–Crippen LogP) is 3.70. The fourth-order valence-corrected chi connectivity index (χ4v) is 2.64. The molecule has 0 radical (unpaired) electrons. The molecule has 0 spiro atoms. The highest BCUT2D eigenvalue weighted by Crippen LogP contribution is 2.22. The Morgan fingerprint density at radius 3 is 2.81 bits per heavy atom. The second-order valence-electron chi connectivity index (χ2n) is 5.89. The molecule has 3 aromatic rings. The van der Waals surface area contributed by atoms with Gasteiger partial charge in [0.25, 0.3) is 11.8 Å². The molecule has 0 atom stereocenters. The van der Waals surface area contributed by atoms with E-state index in [4.69, 9.17) is 13.6 Å². The van der Waals surface area contributed by atoms with E-state index in [1.807, 2.05) is 19.9 Å². The number of rotatable bonds is 7. The molecule has 0 aliphatic rings. The number of benzene rings is 1. The third-order valence-corrected chi connectivity index (χ3v) is 3.96. The third-order valence-electron chi connectivity index (χ3n) is 3.96. The largest absolute Gasteiger partial charge is 0.496 e. The highest BCUT2D eigenvalue weighted by atomic mass is 16.5. The zero-order chi connectivity index (χ0) is 18.5. The summed E-state index contributed by atoms with van der Waals surface area (Å²) in [5.74, 6) is 1.73. The lowest BCUT2D eigenvalue weighted by Gasteiger charge is -2.20. The van der Waals surface area contributed by atoms with Gasteiger partial charge < -0.3 is 18.5 Å². The number of methoxy groups -OCH3 is 1. The number of amides is 1. The molecule has 1 aromatic carbocycles. The molecule has 26 heavy (non-hydrogen) atoms. The SMILES string of the molecule is CCCN(Cc1nnc(-c2ccco2)o1)C(=O)c1ccc(C)c(OC)c1. The first-order valence-electron chi connectivity index (χ1n) is 8.42. The van der Waals surface area contributed by atoms with Gasteiger partial charge in [-0.3, -0.25) is 4.79 Å². The highest BCUT2D eigenvalue weighted by molar-refractivity contribution is 5.94. The van der Waals surface area contributed by atoms with Crippen LogP contribution in [0.5, 0.6) is 5.75 Å². The van der Waals surface area contributed by atoms with Crippen molar-refractivity contribution in [3.8, 4) is 17.4 Å². The first-order chi connectivity index (χ1) is 12.6. The minimum atomic E-state index is -0.108. The van der Waals surface area contributed by atoms with Crippen molar-refractivity contribution in [2.24, 2.45) is 0 Å². The van der Waals surface area contributed by atoms with Gasteiger partial charge in [0, 0.05) is 12.1 Å². The number of nitrogens with zero attached hydrogens (tertiary/aromatic N) is 3. The second-order valence-corrected chi connectivity index (χ2v) is 5.89. The molecule has 0 saturated heterocycles. The van der Waals surface area contributed by atoms with Gasteiger partial charge in [0.05, 0.1) is 19.9 Å². The molecule has 136 valence electrons. The summed E-state index contributed by atoms with van der Waals surface area (Å²) in [7, 11) is 1.59. The number of carbonyl (C=O) groups excluding carboxylic acids is 1. The van der Waals surface area contributed by atoms with Crippen LogP contribution in [0.1, 0.15) is 35.2 Å². The summed E-state index contributed by atoms with van der Waals surface area (Å²) >= 11 is 0. The van der Waals surface area contributed by atoms with Crippen LogP contribution in [0.3, 0.4) is 0 Å². The Kier molecular flexibility index (Phi) is 5.36. The number of aromatic nitrogens is 2. The van der Waals surface area contributed by atoms with E-state index in [9.17, 15) is 4.79 Å². The van der Waals surface area contributed by atoms with Gasteiger partial charge in [0.1, 0.15) is 5.75 Å². The molecule has 0 aliphatic carbocycles. The van der Waals surface area contributed by atoms with Crippen LogP contribution in [-0.2, 0) is 6.54 Å². The van der Waals surface area contributed by atoms with Crippen molar-refractivity contribution >= 4 is 5.91 Å². The van der Waals surface area contributed by atoms with Gasteiger partial charge in [-0.05, 0) is 43.2 Å². The summed E-state index contributed by atoms with van der Waals surface area (Å²) in [6.07, 6.45) is 2.35. The molecule has 0 bridgehead atoms. The average Bonchev–Trinajstić information content (AvgIpc) is 3.32. The van der Waals surface area contributed by atoms with Crippen molar-refractivity contribution in [3.05, 3.63) is 53.6 Å². The van der Waals surface area contributed by atoms with E-state index in [2.05, 4.69) is 10.2 Å². The number of hydrogen-bond acceptors (Lipinski definition) is 6. The smallest absolute Gasteiger partial charge is 0.283 e. The van der Waals surface area contributed by atoms with Crippen molar-refractivity contribution in [2.45, 2.75) is 26.8 Å². The third kappa shape index (κ3) is 3.77. The van der Waals surface area contributed by atoms with E-state index in [0.717, 1.165) is 12.0 Å². The molecular weight excluding hydrogens is 334 g/mol. The summed E-state index contributed by atoms with van der Waals surface area (Å²) in [5, 5.41) is 8.00. The van der Waals surface area contributed by atoms with Gasteiger partial charge in [-0.25, -0.2) is 0 Å². The van der Waals surface area contributed by atoms with Crippen LogP contribution in [0.4, 0.5) is 0 Å². The van der Waals surface area contributed by atoms with Crippen LogP contribution >= 0.6 is 0 Å². The molecule has 0 unspecified atom stereocenters. The maximum Gasteiger partial charge on any atom is 0.283 e. The number of aryl methyl sites for hydroxylation is 1. The van der Waals surface area contributed by atoms with Crippen molar-refractivity contribution < 1.29 is 18.4 Å². The Morgan fingerprint density at radius 2 is 2.12 bits per heavy atom. The van der Waals surface area contributed by atoms with Gasteiger partial charge in [-0.2, -0.15) is 0 Å². The molecule has 0 fully saturated rings. The van der Waals surface area contributed by atoms with Gasteiger partial charge in [0.15, 0.2) is 5.76 Å². The maximum atomic E-state index is 12.9. The minimum Gasteiger partial charge on any atom is -0.496 e. The molecule has 7 heteroatoms. The van der Waals surface area contributed by atoms with Crippen LogP contribution < -0.4 is 4.74 Å². The molecule has 2 heterocycles. The fourth-order valence-electron chi connectivity index (χ4n) is 2.64. The number of carbonyl (C=O) groups is 1. The predicted molar refractivity (Wildman–Crippen MR) is 94.8 cm³/mol. The molecule has 0 aliphatic heterocycles. The quantitative estimate of drug-likeness (QED) is 0.643. The van der Waals surface area contributed by atoms with Crippen LogP contribution in [0.2, 0.25) is 0 Å². The van der Waals surface area contributed by atoms with Gasteiger partial charge >= 0.3 is 0 Å².